The molecule has 1 heterocycles. The van der Waals surface area contributed by atoms with Crippen molar-refractivity contribution in [3.8, 4) is 22.4 Å². The molecule has 1 aromatic heterocycles. The highest BCUT2D eigenvalue weighted by Crippen LogP contribution is 2.34. The van der Waals surface area contributed by atoms with Gasteiger partial charge in [0.2, 0.25) is 0 Å². The summed E-state index contributed by atoms with van der Waals surface area (Å²) in [5, 5.41) is 4.38. The first-order chi connectivity index (χ1) is 10.7. The maximum Gasteiger partial charge on any atom is 0.359 e. The van der Waals surface area contributed by atoms with E-state index in [4.69, 9.17) is 4.74 Å². The number of rotatable bonds is 3. The van der Waals surface area contributed by atoms with Gasteiger partial charge >= 0.3 is 5.97 Å². The Bertz CT molecular complexity index is 793. The van der Waals surface area contributed by atoms with Crippen LogP contribution in [0.15, 0.2) is 60.7 Å². The predicted molar refractivity (Wildman–Crippen MR) is 85.4 cm³/mol. The van der Waals surface area contributed by atoms with Crippen LogP contribution < -0.4 is 0 Å². The molecule has 4 heteroatoms. The van der Waals surface area contributed by atoms with Gasteiger partial charge in [0.15, 0.2) is 5.69 Å². The van der Waals surface area contributed by atoms with Crippen molar-refractivity contribution in [3.05, 3.63) is 66.4 Å². The molecule has 0 unspecified atom stereocenters. The predicted octanol–water partition coefficient (Wildman–Crippen LogP) is 3.54. The van der Waals surface area contributed by atoms with Gasteiger partial charge in [0.25, 0.3) is 0 Å². The van der Waals surface area contributed by atoms with Crippen LogP contribution in [0.1, 0.15) is 10.5 Å². The van der Waals surface area contributed by atoms with Crippen LogP contribution in [0.2, 0.25) is 0 Å². The number of aryl methyl sites for hydroxylation is 1. The van der Waals surface area contributed by atoms with Crippen LogP contribution >= 0.6 is 0 Å². The van der Waals surface area contributed by atoms with Crippen molar-refractivity contribution in [1.82, 2.24) is 9.78 Å². The third kappa shape index (κ3) is 2.39. The van der Waals surface area contributed by atoms with Crippen LogP contribution in [0.25, 0.3) is 22.4 Å². The van der Waals surface area contributed by atoms with Gasteiger partial charge in [0.05, 0.1) is 12.8 Å². The molecule has 0 radical (unpaired) electrons. The van der Waals surface area contributed by atoms with Crippen LogP contribution in [-0.4, -0.2) is 22.9 Å². The van der Waals surface area contributed by atoms with E-state index in [1.807, 2.05) is 67.7 Å². The molecular weight excluding hydrogens is 276 g/mol. The molecule has 0 amide bonds. The molecule has 22 heavy (non-hydrogen) atoms. The quantitative estimate of drug-likeness (QED) is 0.693. The summed E-state index contributed by atoms with van der Waals surface area (Å²) in [5.41, 5.74) is 3.96. The minimum Gasteiger partial charge on any atom is -0.464 e. The Balaban J connectivity index is 2.30. The monoisotopic (exact) mass is 292 g/mol. The molecule has 0 aliphatic heterocycles. The molecule has 3 aromatic rings. The van der Waals surface area contributed by atoms with Crippen LogP contribution in [-0.2, 0) is 11.8 Å². The second-order valence-electron chi connectivity index (χ2n) is 4.92. The fraction of sp³-hybridized carbons (Fsp3) is 0.111. The first-order valence-electron chi connectivity index (χ1n) is 6.98. The zero-order valence-electron chi connectivity index (χ0n) is 12.5. The highest BCUT2D eigenvalue weighted by atomic mass is 16.5. The number of hydrogen-bond acceptors (Lipinski definition) is 3. The molecule has 2 aromatic carbocycles. The van der Waals surface area contributed by atoms with Crippen LogP contribution in [0.4, 0.5) is 0 Å². The molecule has 3 rings (SSSR count). The summed E-state index contributed by atoms with van der Waals surface area (Å²) < 4.78 is 6.61. The second-order valence-corrected chi connectivity index (χ2v) is 4.92. The maximum absolute atomic E-state index is 12.1. The summed E-state index contributed by atoms with van der Waals surface area (Å²) in [4.78, 5) is 12.1. The van der Waals surface area contributed by atoms with Gasteiger partial charge in [-0.2, -0.15) is 5.10 Å². The van der Waals surface area contributed by atoms with Crippen molar-refractivity contribution in [2.45, 2.75) is 0 Å². The van der Waals surface area contributed by atoms with E-state index in [1.165, 1.54) is 7.11 Å². The Morgan fingerprint density at radius 3 is 2.05 bits per heavy atom. The summed E-state index contributed by atoms with van der Waals surface area (Å²) in [6.07, 6.45) is 0. The van der Waals surface area contributed by atoms with Gasteiger partial charge in [-0.1, -0.05) is 60.7 Å². The zero-order valence-corrected chi connectivity index (χ0v) is 12.5. The van der Waals surface area contributed by atoms with Gasteiger partial charge in [-0.05, 0) is 5.56 Å². The van der Waals surface area contributed by atoms with Gasteiger partial charge in [0.1, 0.15) is 0 Å². The van der Waals surface area contributed by atoms with E-state index in [1.54, 1.807) is 4.68 Å². The first kappa shape index (κ1) is 14.1. The number of carbonyl (C=O) groups is 1. The summed E-state index contributed by atoms with van der Waals surface area (Å²) >= 11 is 0. The van der Waals surface area contributed by atoms with Crippen LogP contribution in [0, 0.1) is 0 Å². The first-order valence-corrected chi connectivity index (χ1v) is 6.98. The number of nitrogens with zero attached hydrogens (tertiary/aromatic N) is 2. The number of ether oxygens (including phenoxy) is 1. The number of aromatic nitrogens is 2. The van der Waals surface area contributed by atoms with E-state index in [2.05, 4.69) is 5.10 Å². The van der Waals surface area contributed by atoms with E-state index < -0.39 is 5.97 Å². The molecule has 0 spiro atoms. The van der Waals surface area contributed by atoms with Gasteiger partial charge in [-0.3, -0.25) is 4.68 Å². The van der Waals surface area contributed by atoms with Crippen molar-refractivity contribution < 1.29 is 9.53 Å². The van der Waals surface area contributed by atoms with Crippen molar-refractivity contribution in [2.24, 2.45) is 7.05 Å². The van der Waals surface area contributed by atoms with Gasteiger partial charge in [0, 0.05) is 18.2 Å². The molecule has 110 valence electrons. The number of methoxy groups -OCH3 is 1. The minimum atomic E-state index is -0.434. The smallest absolute Gasteiger partial charge is 0.359 e. The number of esters is 1. The van der Waals surface area contributed by atoms with E-state index in [9.17, 15) is 4.79 Å². The third-order valence-electron chi connectivity index (χ3n) is 3.54. The Labute approximate surface area is 129 Å². The van der Waals surface area contributed by atoms with E-state index >= 15 is 0 Å². The summed E-state index contributed by atoms with van der Waals surface area (Å²) in [6, 6.07) is 19.7. The van der Waals surface area contributed by atoms with Crippen molar-refractivity contribution >= 4 is 5.97 Å². The molecule has 0 atom stereocenters. The second kappa shape index (κ2) is 5.85. The highest BCUT2D eigenvalue weighted by molar-refractivity contribution is 6.00. The standard InChI is InChI=1S/C18H16N2O2/c1-20-17(14-11-7-4-8-12-14)15(13-9-5-3-6-10-13)16(19-20)18(21)22-2/h3-12H,1-2H3. The average molecular weight is 292 g/mol. The van der Waals surface area contributed by atoms with Gasteiger partial charge in [-0.15, -0.1) is 0 Å². The number of benzene rings is 2. The van der Waals surface area contributed by atoms with E-state index in [-0.39, 0.29) is 0 Å². The molecule has 0 aliphatic carbocycles. The SMILES string of the molecule is COC(=O)c1nn(C)c(-c2ccccc2)c1-c1ccccc1. The lowest BCUT2D eigenvalue weighted by molar-refractivity contribution is 0.0594. The molecule has 0 N–H and O–H groups in total. The fourth-order valence-corrected chi connectivity index (χ4v) is 2.57. The molecule has 0 saturated carbocycles. The fourth-order valence-electron chi connectivity index (χ4n) is 2.57. The molecule has 0 aliphatic rings. The zero-order chi connectivity index (χ0) is 15.5. The van der Waals surface area contributed by atoms with Crippen LogP contribution in [0.5, 0.6) is 0 Å². The molecule has 0 saturated heterocycles. The maximum atomic E-state index is 12.1. The minimum absolute atomic E-state index is 0.329. The van der Waals surface area contributed by atoms with Crippen molar-refractivity contribution in [2.75, 3.05) is 7.11 Å². The molecule has 0 fully saturated rings. The van der Waals surface area contributed by atoms with Crippen LogP contribution in [0.3, 0.4) is 0 Å². The average Bonchev–Trinajstić information content (AvgIpc) is 2.93. The molecule has 0 bridgehead atoms. The Morgan fingerprint density at radius 2 is 1.50 bits per heavy atom. The normalized spacial score (nSPS) is 10.5. The lowest BCUT2D eigenvalue weighted by Gasteiger charge is -2.07. The Kier molecular flexibility index (Phi) is 3.74. The largest absolute Gasteiger partial charge is 0.464 e. The lowest BCUT2D eigenvalue weighted by atomic mass is 9.99. The molecule has 4 nitrogen and oxygen atoms in total. The third-order valence-corrected chi connectivity index (χ3v) is 3.54. The number of hydrogen-bond donors (Lipinski definition) is 0. The Hall–Kier alpha value is -2.88. The van der Waals surface area contributed by atoms with E-state index in [0.717, 1.165) is 22.4 Å². The summed E-state index contributed by atoms with van der Waals surface area (Å²) in [5.74, 6) is -0.434. The highest BCUT2D eigenvalue weighted by Gasteiger charge is 2.24. The summed E-state index contributed by atoms with van der Waals surface area (Å²) in [6.45, 7) is 0. The Morgan fingerprint density at radius 1 is 0.955 bits per heavy atom. The topological polar surface area (TPSA) is 44.1 Å². The van der Waals surface area contributed by atoms with Crippen molar-refractivity contribution in [3.63, 3.8) is 0 Å². The van der Waals surface area contributed by atoms with E-state index in [0.29, 0.717) is 5.69 Å². The van der Waals surface area contributed by atoms with Gasteiger partial charge in [-0.25, -0.2) is 4.79 Å². The summed E-state index contributed by atoms with van der Waals surface area (Å²) in [7, 11) is 3.20. The van der Waals surface area contributed by atoms with Crippen molar-refractivity contribution in [1.29, 1.82) is 0 Å². The number of carbonyl (C=O) groups excluding carboxylic acids is 1. The molecular formula is C18H16N2O2. The lowest BCUT2D eigenvalue weighted by Crippen LogP contribution is -2.04. The van der Waals surface area contributed by atoms with Gasteiger partial charge < -0.3 is 4.74 Å².